The lowest BCUT2D eigenvalue weighted by molar-refractivity contribution is -0.164. The van der Waals surface area contributed by atoms with Crippen LogP contribution in [-0.2, 0) is 30.5 Å². The van der Waals surface area contributed by atoms with Crippen molar-refractivity contribution in [1.82, 2.24) is 10.8 Å². The molecule has 0 bridgehead atoms. The van der Waals surface area contributed by atoms with E-state index in [4.69, 9.17) is 14.3 Å². The Morgan fingerprint density at radius 3 is 2.10 bits per heavy atom. The van der Waals surface area contributed by atoms with Crippen LogP contribution in [-0.4, -0.2) is 47.9 Å². The normalized spacial score (nSPS) is 16.2. The number of rotatable bonds is 12. The molecule has 0 saturated heterocycles. The minimum absolute atomic E-state index is 0.0761. The maximum atomic E-state index is 13.1. The number of carbonyl (C=O) groups excluding carboxylic acids is 2. The number of nitrogens with one attached hydrogen (secondary N) is 2. The molecule has 2 aliphatic carbocycles. The summed E-state index contributed by atoms with van der Waals surface area (Å²) in [5, 5.41) is 12.0. The predicted octanol–water partition coefficient (Wildman–Crippen LogP) is 4.41. The van der Waals surface area contributed by atoms with Crippen molar-refractivity contribution in [3.8, 4) is 11.1 Å². The van der Waals surface area contributed by atoms with Crippen molar-refractivity contribution in [2.45, 2.75) is 50.5 Å². The summed E-state index contributed by atoms with van der Waals surface area (Å²) in [4.78, 5) is 42.9. The summed E-state index contributed by atoms with van der Waals surface area (Å²) in [5.74, 6) is -2.19. The number of alkyl carbamates (subject to hydrolysis) is 1. The maximum absolute atomic E-state index is 13.1. The van der Waals surface area contributed by atoms with Gasteiger partial charge < -0.3 is 19.9 Å². The van der Waals surface area contributed by atoms with E-state index in [1.54, 1.807) is 6.92 Å². The first kappa shape index (κ1) is 27.4. The molecule has 3 aromatic carbocycles. The van der Waals surface area contributed by atoms with Gasteiger partial charge in [-0.2, -0.15) is 0 Å². The Morgan fingerprint density at radius 1 is 0.900 bits per heavy atom. The fraction of sp³-hybridized carbons (Fsp3) is 0.323. The van der Waals surface area contributed by atoms with Gasteiger partial charge in [0.25, 0.3) is 5.91 Å². The molecule has 0 aromatic heterocycles. The molecule has 3 N–H and O–H groups in total. The average molecular weight is 545 g/mol. The molecule has 2 aliphatic rings. The van der Waals surface area contributed by atoms with Crippen LogP contribution in [0.25, 0.3) is 11.1 Å². The zero-order chi connectivity index (χ0) is 28.1. The molecule has 0 radical (unpaired) electrons. The molecule has 2 amide bonds. The molecule has 1 fully saturated rings. The minimum Gasteiger partial charge on any atom is -0.479 e. The molecule has 40 heavy (non-hydrogen) atoms. The first-order chi connectivity index (χ1) is 19.4. The summed E-state index contributed by atoms with van der Waals surface area (Å²) in [7, 11) is 0. The van der Waals surface area contributed by atoms with Gasteiger partial charge in [0, 0.05) is 5.92 Å². The Kier molecular flexibility index (Phi) is 8.42. The average Bonchev–Trinajstić information content (AvgIpc) is 3.76. The second-order valence-electron chi connectivity index (χ2n) is 10.1. The number of carboxylic acid groups (broad SMARTS) is 1. The third kappa shape index (κ3) is 6.32. The first-order valence-electron chi connectivity index (χ1n) is 13.4. The minimum atomic E-state index is -1.20. The number of hydroxylamine groups is 1. The molecule has 5 rings (SSSR count). The van der Waals surface area contributed by atoms with Crippen LogP contribution in [0.4, 0.5) is 4.79 Å². The molecule has 3 atom stereocenters. The smallest absolute Gasteiger partial charge is 0.407 e. The van der Waals surface area contributed by atoms with E-state index in [2.05, 4.69) is 10.8 Å². The zero-order valence-electron chi connectivity index (χ0n) is 22.1. The van der Waals surface area contributed by atoms with Gasteiger partial charge in [-0.3, -0.25) is 9.63 Å². The number of carboxylic acids is 1. The van der Waals surface area contributed by atoms with Crippen molar-refractivity contribution in [3.63, 3.8) is 0 Å². The Balaban J connectivity index is 1.24. The van der Waals surface area contributed by atoms with Crippen LogP contribution in [0.2, 0.25) is 0 Å². The summed E-state index contributed by atoms with van der Waals surface area (Å²) in [6, 6.07) is 24.2. The Hall–Kier alpha value is -4.21. The second kappa shape index (κ2) is 12.3. The lowest BCUT2D eigenvalue weighted by atomic mass is 9.98. The van der Waals surface area contributed by atoms with Gasteiger partial charge in [0.1, 0.15) is 12.6 Å². The maximum Gasteiger partial charge on any atom is 0.407 e. The summed E-state index contributed by atoms with van der Waals surface area (Å²) < 4.78 is 11.5. The number of fused-ring (bicyclic) bond motifs is 3. The summed E-state index contributed by atoms with van der Waals surface area (Å²) in [5.41, 5.74) is 7.46. The highest BCUT2D eigenvalue weighted by atomic mass is 16.7. The van der Waals surface area contributed by atoms with Crippen LogP contribution >= 0.6 is 0 Å². The molecule has 3 aromatic rings. The fourth-order valence-corrected chi connectivity index (χ4v) is 4.99. The Morgan fingerprint density at radius 2 is 1.50 bits per heavy atom. The van der Waals surface area contributed by atoms with Gasteiger partial charge in [0.05, 0.1) is 12.7 Å². The van der Waals surface area contributed by atoms with Crippen LogP contribution in [0.15, 0.2) is 78.9 Å². The van der Waals surface area contributed by atoms with Crippen molar-refractivity contribution < 1.29 is 33.8 Å². The third-order valence-electron chi connectivity index (χ3n) is 7.30. The zero-order valence-corrected chi connectivity index (χ0v) is 22.1. The number of amides is 2. The fourth-order valence-electron chi connectivity index (χ4n) is 4.99. The van der Waals surface area contributed by atoms with Crippen LogP contribution in [0.5, 0.6) is 0 Å². The number of carbonyl (C=O) groups is 3. The molecule has 9 heteroatoms. The van der Waals surface area contributed by atoms with Gasteiger partial charge in [0.2, 0.25) is 0 Å². The van der Waals surface area contributed by atoms with E-state index >= 15 is 0 Å². The topological polar surface area (TPSA) is 123 Å². The van der Waals surface area contributed by atoms with Crippen molar-refractivity contribution >= 4 is 18.0 Å². The molecular formula is C31H32N2O7. The molecule has 208 valence electrons. The summed E-state index contributed by atoms with van der Waals surface area (Å²) >= 11 is 0. The number of hydrogen-bond acceptors (Lipinski definition) is 6. The van der Waals surface area contributed by atoms with E-state index in [9.17, 15) is 19.5 Å². The van der Waals surface area contributed by atoms with Gasteiger partial charge in [-0.15, -0.1) is 0 Å². The van der Waals surface area contributed by atoms with E-state index in [1.807, 2.05) is 78.9 Å². The molecular weight excluding hydrogens is 512 g/mol. The highest BCUT2D eigenvalue weighted by Gasteiger charge is 2.39. The van der Waals surface area contributed by atoms with E-state index in [0.29, 0.717) is 12.8 Å². The Labute approximate surface area is 232 Å². The van der Waals surface area contributed by atoms with Crippen LogP contribution in [0.1, 0.15) is 42.4 Å². The number of ether oxygens (including phenoxy) is 2. The van der Waals surface area contributed by atoms with Crippen molar-refractivity contribution in [3.05, 3.63) is 95.6 Å². The lowest BCUT2D eigenvalue weighted by Gasteiger charge is -2.25. The largest absolute Gasteiger partial charge is 0.479 e. The highest BCUT2D eigenvalue weighted by Crippen LogP contribution is 2.44. The van der Waals surface area contributed by atoms with Gasteiger partial charge in [-0.05, 0) is 53.5 Å². The molecule has 9 nitrogen and oxygen atoms in total. The van der Waals surface area contributed by atoms with Crippen LogP contribution in [0, 0.1) is 5.92 Å². The number of benzene rings is 3. The Bertz CT molecular complexity index is 1310. The first-order valence-corrected chi connectivity index (χ1v) is 13.4. The van der Waals surface area contributed by atoms with E-state index < -0.39 is 36.2 Å². The molecule has 0 spiro atoms. The molecule has 0 heterocycles. The number of hydrogen-bond donors (Lipinski definition) is 3. The predicted molar refractivity (Wildman–Crippen MR) is 146 cm³/mol. The standard InChI is InChI=1S/C31H32N2O7/c1-19(38-17-20-9-3-2-4-10-20)27(29(34)33-40-28(30(35)36)21-15-16-21)32-31(37)39-18-26-24-13-7-5-11-22(24)23-12-6-8-14-25(23)26/h2-14,19,21,26-28H,15-18H2,1H3,(H,32,37)(H,33,34)(H,35,36). The van der Waals surface area contributed by atoms with Gasteiger partial charge in [-0.1, -0.05) is 78.9 Å². The van der Waals surface area contributed by atoms with E-state index in [1.165, 1.54) is 0 Å². The summed E-state index contributed by atoms with van der Waals surface area (Å²) in [6.45, 7) is 1.93. The van der Waals surface area contributed by atoms with Gasteiger partial charge in [-0.25, -0.2) is 15.1 Å². The van der Waals surface area contributed by atoms with Crippen molar-refractivity contribution in [2.24, 2.45) is 5.92 Å². The SMILES string of the molecule is CC(OCc1ccccc1)C(NC(=O)OCC1c2ccccc2-c2ccccc21)C(=O)NOC(C(=O)O)C1CC1. The van der Waals surface area contributed by atoms with E-state index in [-0.39, 0.29) is 25.0 Å². The molecule has 0 aliphatic heterocycles. The molecule has 3 unspecified atom stereocenters. The van der Waals surface area contributed by atoms with Crippen LogP contribution in [0.3, 0.4) is 0 Å². The monoisotopic (exact) mass is 544 g/mol. The van der Waals surface area contributed by atoms with Gasteiger partial charge >= 0.3 is 12.1 Å². The van der Waals surface area contributed by atoms with Crippen LogP contribution < -0.4 is 10.8 Å². The van der Waals surface area contributed by atoms with E-state index in [0.717, 1.165) is 27.8 Å². The quantitative estimate of drug-likeness (QED) is 0.289. The lowest BCUT2D eigenvalue weighted by Crippen LogP contribution is -2.54. The molecule has 1 saturated carbocycles. The summed E-state index contributed by atoms with van der Waals surface area (Å²) in [6.07, 6.45) is -1.31. The van der Waals surface area contributed by atoms with Gasteiger partial charge in [0.15, 0.2) is 6.10 Å². The second-order valence-corrected chi connectivity index (χ2v) is 10.1. The van der Waals surface area contributed by atoms with Crippen molar-refractivity contribution in [1.29, 1.82) is 0 Å². The van der Waals surface area contributed by atoms with Crippen molar-refractivity contribution in [2.75, 3.05) is 6.61 Å². The third-order valence-corrected chi connectivity index (χ3v) is 7.30. The highest BCUT2D eigenvalue weighted by molar-refractivity contribution is 5.86. The number of aliphatic carboxylic acids is 1.